The fraction of sp³-hybridized carbons (Fsp3) is 0.353. The molecule has 8 heteroatoms. The van der Waals surface area contributed by atoms with Crippen molar-refractivity contribution in [2.24, 2.45) is 0 Å². The highest BCUT2D eigenvalue weighted by atomic mass is 35.5. The number of esters is 1. The van der Waals surface area contributed by atoms with Crippen LogP contribution in [0.25, 0.3) is 16.6 Å². The van der Waals surface area contributed by atoms with Gasteiger partial charge in [-0.25, -0.2) is 9.78 Å². The number of carbonyl (C=O) groups excluding carboxylic acids is 1. The minimum atomic E-state index is -0.553. The largest absolute Gasteiger partial charge is 0.465 e. The number of nitrogens with one attached hydrogen (secondary N) is 1. The van der Waals surface area contributed by atoms with E-state index in [0.717, 1.165) is 18.7 Å². The number of methoxy groups -OCH3 is 1. The molecule has 0 bridgehead atoms. The first-order chi connectivity index (χ1) is 12.1. The third-order valence-corrected chi connectivity index (χ3v) is 4.90. The number of imidazole rings is 1. The Morgan fingerprint density at radius 3 is 2.84 bits per heavy atom. The van der Waals surface area contributed by atoms with E-state index < -0.39 is 5.97 Å². The average Bonchev–Trinajstić information content (AvgIpc) is 3.08. The molecule has 1 N–H and O–H groups in total. The van der Waals surface area contributed by atoms with E-state index in [1.807, 2.05) is 4.40 Å². The number of H-pyrrole nitrogens is 1. The summed E-state index contributed by atoms with van der Waals surface area (Å²) in [4.78, 5) is 31.6. The number of hydrogen-bond acceptors (Lipinski definition) is 5. The maximum atomic E-state index is 12.4. The lowest BCUT2D eigenvalue weighted by molar-refractivity contribution is 0.0601. The molecule has 3 aromatic rings. The molecular weight excluding hydrogens is 346 g/mol. The SMILES string of the molecule is COC(=O)c1cc2[nH]c(=O)c3cnc(C4CCOCC4)n3c2cc1Cl. The molecule has 7 nitrogen and oxygen atoms in total. The van der Waals surface area contributed by atoms with Crippen LogP contribution < -0.4 is 5.56 Å². The Morgan fingerprint density at radius 2 is 2.12 bits per heavy atom. The monoisotopic (exact) mass is 361 g/mol. The van der Waals surface area contributed by atoms with E-state index in [0.29, 0.717) is 29.8 Å². The van der Waals surface area contributed by atoms with Crippen LogP contribution in [-0.2, 0) is 9.47 Å². The predicted molar refractivity (Wildman–Crippen MR) is 92.5 cm³/mol. The van der Waals surface area contributed by atoms with Crippen molar-refractivity contribution in [1.82, 2.24) is 14.4 Å². The Balaban J connectivity index is 2.01. The Labute approximate surface area is 147 Å². The summed E-state index contributed by atoms with van der Waals surface area (Å²) in [5.74, 6) is 0.472. The highest BCUT2D eigenvalue weighted by molar-refractivity contribution is 6.34. The molecule has 0 atom stereocenters. The summed E-state index contributed by atoms with van der Waals surface area (Å²) in [6, 6.07) is 3.20. The Morgan fingerprint density at radius 1 is 1.36 bits per heavy atom. The summed E-state index contributed by atoms with van der Waals surface area (Å²) in [5, 5.41) is 0.263. The maximum Gasteiger partial charge on any atom is 0.339 e. The number of ether oxygens (including phenoxy) is 2. The van der Waals surface area contributed by atoms with E-state index in [1.54, 1.807) is 12.3 Å². The van der Waals surface area contributed by atoms with Crippen molar-refractivity contribution in [3.8, 4) is 0 Å². The average molecular weight is 362 g/mol. The minimum Gasteiger partial charge on any atom is -0.465 e. The van der Waals surface area contributed by atoms with E-state index in [2.05, 4.69) is 9.97 Å². The van der Waals surface area contributed by atoms with E-state index in [-0.39, 0.29) is 22.1 Å². The van der Waals surface area contributed by atoms with Gasteiger partial charge in [0.1, 0.15) is 11.3 Å². The molecule has 0 aliphatic carbocycles. The first-order valence-corrected chi connectivity index (χ1v) is 8.37. The molecule has 0 amide bonds. The second-order valence-electron chi connectivity index (χ2n) is 6.02. The van der Waals surface area contributed by atoms with Crippen LogP contribution in [-0.4, -0.2) is 40.7 Å². The number of aromatic nitrogens is 3. The number of aromatic amines is 1. The second kappa shape index (κ2) is 6.16. The van der Waals surface area contributed by atoms with E-state index in [9.17, 15) is 9.59 Å². The van der Waals surface area contributed by atoms with Gasteiger partial charge in [0.05, 0.1) is 34.9 Å². The highest BCUT2D eigenvalue weighted by Crippen LogP contribution is 2.29. The normalized spacial score (nSPS) is 15.8. The van der Waals surface area contributed by atoms with Gasteiger partial charge in [0, 0.05) is 19.1 Å². The molecule has 2 aromatic heterocycles. The number of benzene rings is 1. The van der Waals surface area contributed by atoms with Gasteiger partial charge >= 0.3 is 5.97 Å². The molecule has 25 heavy (non-hydrogen) atoms. The topological polar surface area (TPSA) is 85.7 Å². The fourth-order valence-electron chi connectivity index (χ4n) is 3.32. The first kappa shape index (κ1) is 16.1. The molecule has 130 valence electrons. The summed E-state index contributed by atoms with van der Waals surface area (Å²) in [6.07, 6.45) is 3.27. The third-order valence-electron chi connectivity index (χ3n) is 4.59. The molecular formula is C17H16ClN3O4. The van der Waals surface area contributed by atoms with Crippen molar-refractivity contribution < 1.29 is 14.3 Å². The van der Waals surface area contributed by atoms with Gasteiger partial charge in [-0.05, 0) is 25.0 Å². The lowest BCUT2D eigenvalue weighted by Gasteiger charge is -2.21. The lowest BCUT2D eigenvalue weighted by Crippen LogP contribution is -2.18. The summed E-state index contributed by atoms with van der Waals surface area (Å²) in [6.45, 7) is 1.35. The summed E-state index contributed by atoms with van der Waals surface area (Å²) in [7, 11) is 1.29. The van der Waals surface area contributed by atoms with Gasteiger partial charge in [-0.15, -0.1) is 0 Å². The van der Waals surface area contributed by atoms with Gasteiger partial charge in [-0.3, -0.25) is 9.20 Å². The zero-order valence-electron chi connectivity index (χ0n) is 13.5. The van der Waals surface area contributed by atoms with Gasteiger partial charge < -0.3 is 14.5 Å². The molecule has 1 saturated heterocycles. The summed E-state index contributed by atoms with van der Waals surface area (Å²) < 4.78 is 12.0. The highest BCUT2D eigenvalue weighted by Gasteiger charge is 2.23. The predicted octanol–water partition coefficient (Wildman–Crippen LogP) is 2.51. The molecule has 1 aliphatic heterocycles. The Bertz CT molecular complexity index is 1030. The van der Waals surface area contributed by atoms with Crippen LogP contribution in [0.15, 0.2) is 23.1 Å². The number of hydrogen-bond donors (Lipinski definition) is 1. The van der Waals surface area contributed by atoms with E-state index >= 15 is 0 Å². The van der Waals surface area contributed by atoms with Gasteiger partial charge in [-0.2, -0.15) is 0 Å². The van der Waals surface area contributed by atoms with Crippen LogP contribution in [0.3, 0.4) is 0 Å². The fourth-order valence-corrected chi connectivity index (χ4v) is 3.56. The van der Waals surface area contributed by atoms with E-state index in [1.165, 1.54) is 13.2 Å². The Hall–Kier alpha value is -2.38. The second-order valence-corrected chi connectivity index (χ2v) is 6.43. The Kier molecular flexibility index (Phi) is 3.97. The van der Waals surface area contributed by atoms with Crippen molar-refractivity contribution in [3.63, 3.8) is 0 Å². The van der Waals surface area contributed by atoms with Crippen molar-refractivity contribution in [3.05, 3.63) is 45.1 Å². The zero-order chi connectivity index (χ0) is 17.6. The molecule has 1 fully saturated rings. The van der Waals surface area contributed by atoms with Crippen LogP contribution in [0.4, 0.5) is 0 Å². The van der Waals surface area contributed by atoms with Crippen LogP contribution in [0, 0.1) is 0 Å². The maximum absolute atomic E-state index is 12.4. The van der Waals surface area contributed by atoms with Crippen LogP contribution >= 0.6 is 11.6 Å². The summed E-state index contributed by atoms with van der Waals surface area (Å²) >= 11 is 6.28. The molecule has 1 aliphatic rings. The zero-order valence-corrected chi connectivity index (χ0v) is 14.3. The number of carbonyl (C=O) groups is 1. The van der Waals surface area contributed by atoms with Gasteiger partial charge in [0.2, 0.25) is 0 Å². The van der Waals surface area contributed by atoms with Gasteiger partial charge in [0.25, 0.3) is 5.56 Å². The van der Waals surface area contributed by atoms with E-state index in [4.69, 9.17) is 21.1 Å². The molecule has 0 saturated carbocycles. The van der Waals surface area contributed by atoms with Crippen LogP contribution in [0.1, 0.15) is 34.9 Å². The number of halogens is 1. The number of nitrogens with zero attached hydrogens (tertiary/aromatic N) is 2. The molecule has 1 aromatic carbocycles. The molecule has 4 rings (SSSR count). The number of rotatable bonds is 2. The summed E-state index contributed by atoms with van der Waals surface area (Å²) in [5.41, 5.74) is 1.60. The quantitative estimate of drug-likeness (QED) is 0.709. The lowest BCUT2D eigenvalue weighted by atomic mass is 9.99. The van der Waals surface area contributed by atoms with Crippen LogP contribution in [0.5, 0.6) is 0 Å². The van der Waals surface area contributed by atoms with Crippen LogP contribution in [0.2, 0.25) is 5.02 Å². The minimum absolute atomic E-state index is 0.208. The van der Waals surface area contributed by atoms with Crippen molar-refractivity contribution in [1.29, 1.82) is 0 Å². The molecule has 0 spiro atoms. The standard InChI is InChI=1S/C17H16ClN3O4/c1-24-17(23)10-6-12-13(7-11(10)18)21-14(16(22)20-12)8-19-15(21)9-2-4-25-5-3-9/h6-9H,2-5H2,1H3,(H,20,22). The van der Waals surface area contributed by atoms with Crippen molar-refractivity contribution >= 4 is 34.1 Å². The first-order valence-electron chi connectivity index (χ1n) is 7.99. The van der Waals surface area contributed by atoms with Gasteiger partial charge in [0.15, 0.2) is 0 Å². The third kappa shape index (κ3) is 2.60. The van der Waals surface area contributed by atoms with Gasteiger partial charge in [-0.1, -0.05) is 11.6 Å². The number of fused-ring (bicyclic) bond motifs is 3. The molecule has 3 heterocycles. The van der Waals surface area contributed by atoms with Crippen molar-refractivity contribution in [2.45, 2.75) is 18.8 Å². The smallest absolute Gasteiger partial charge is 0.339 e. The molecule has 0 radical (unpaired) electrons. The van der Waals surface area contributed by atoms with Crippen molar-refractivity contribution in [2.75, 3.05) is 20.3 Å². The molecule has 0 unspecified atom stereocenters.